The molecule has 1 unspecified atom stereocenters. The molecule has 0 saturated heterocycles. The second-order valence-electron chi connectivity index (χ2n) is 4.12. The fourth-order valence-electron chi connectivity index (χ4n) is 1.54. The maximum Gasteiger partial charge on any atom is 0.233 e. The Hall–Kier alpha value is -0.390. The molecule has 1 aromatic carbocycles. The molecule has 0 fully saturated rings. The molecule has 100 valence electrons. The molecule has 0 spiro atoms. The highest BCUT2D eigenvalue weighted by Crippen LogP contribution is 2.26. The summed E-state index contributed by atoms with van der Waals surface area (Å²) in [7, 11) is 0. The van der Waals surface area contributed by atoms with Gasteiger partial charge in [0.2, 0.25) is 5.91 Å². The van der Waals surface area contributed by atoms with Gasteiger partial charge in [0.25, 0.3) is 0 Å². The standard InChI is InChI=1S/C13H18Br2N2O/c1-3-6-16-13(18)8-17-9(2)11-5-4-10(14)7-12(11)15/h4-5,7,9,17H,3,6,8H2,1-2H3,(H,16,18). The molecule has 1 aromatic rings. The Morgan fingerprint density at radius 3 is 2.72 bits per heavy atom. The van der Waals surface area contributed by atoms with Gasteiger partial charge >= 0.3 is 0 Å². The highest BCUT2D eigenvalue weighted by Gasteiger charge is 2.10. The van der Waals surface area contributed by atoms with Crippen molar-refractivity contribution in [3.8, 4) is 0 Å². The van der Waals surface area contributed by atoms with E-state index >= 15 is 0 Å². The lowest BCUT2D eigenvalue weighted by atomic mass is 10.1. The van der Waals surface area contributed by atoms with Crippen LogP contribution in [0.25, 0.3) is 0 Å². The SMILES string of the molecule is CCCNC(=O)CNC(C)c1ccc(Br)cc1Br. The highest BCUT2D eigenvalue weighted by atomic mass is 79.9. The van der Waals surface area contributed by atoms with Crippen molar-refractivity contribution >= 4 is 37.8 Å². The Kier molecular flexibility index (Phi) is 6.89. The number of nitrogens with one attached hydrogen (secondary N) is 2. The molecule has 5 heteroatoms. The minimum absolute atomic E-state index is 0.0388. The molecular weight excluding hydrogens is 360 g/mol. The second-order valence-corrected chi connectivity index (χ2v) is 5.89. The van der Waals surface area contributed by atoms with Gasteiger partial charge < -0.3 is 10.6 Å². The number of hydrogen-bond donors (Lipinski definition) is 2. The van der Waals surface area contributed by atoms with Crippen molar-refractivity contribution in [2.75, 3.05) is 13.1 Å². The summed E-state index contributed by atoms with van der Waals surface area (Å²) in [6, 6.07) is 6.16. The lowest BCUT2D eigenvalue weighted by Gasteiger charge is -2.16. The number of rotatable bonds is 6. The van der Waals surface area contributed by atoms with E-state index in [1.165, 1.54) is 0 Å². The smallest absolute Gasteiger partial charge is 0.233 e. The molecule has 3 nitrogen and oxygen atoms in total. The number of halogens is 2. The monoisotopic (exact) mass is 376 g/mol. The van der Waals surface area contributed by atoms with Crippen LogP contribution in [0, 0.1) is 0 Å². The fraction of sp³-hybridized carbons (Fsp3) is 0.462. The zero-order valence-electron chi connectivity index (χ0n) is 10.6. The van der Waals surface area contributed by atoms with E-state index in [0.29, 0.717) is 6.54 Å². The van der Waals surface area contributed by atoms with Crippen molar-refractivity contribution in [3.63, 3.8) is 0 Å². The Morgan fingerprint density at radius 2 is 2.11 bits per heavy atom. The summed E-state index contributed by atoms with van der Waals surface area (Å²) in [5.74, 6) is 0.0388. The Balaban J connectivity index is 2.50. The molecule has 18 heavy (non-hydrogen) atoms. The largest absolute Gasteiger partial charge is 0.355 e. The van der Waals surface area contributed by atoms with Gasteiger partial charge in [-0.25, -0.2) is 0 Å². The minimum atomic E-state index is 0.0388. The van der Waals surface area contributed by atoms with Crippen LogP contribution in [-0.2, 0) is 4.79 Å². The molecule has 1 rings (SSSR count). The highest BCUT2D eigenvalue weighted by molar-refractivity contribution is 9.11. The van der Waals surface area contributed by atoms with Crippen molar-refractivity contribution < 1.29 is 4.79 Å². The van der Waals surface area contributed by atoms with Crippen molar-refractivity contribution in [1.29, 1.82) is 0 Å². The first-order valence-corrected chi connectivity index (χ1v) is 7.58. The summed E-state index contributed by atoms with van der Waals surface area (Å²) in [5.41, 5.74) is 1.14. The number of carbonyl (C=O) groups excluding carboxylic acids is 1. The van der Waals surface area contributed by atoms with Crippen molar-refractivity contribution in [2.45, 2.75) is 26.3 Å². The van der Waals surface area contributed by atoms with Gasteiger partial charge in [-0.15, -0.1) is 0 Å². The molecule has 2 N–H and O–H groups in total. The normalized spacial score (nSPS) is 12.2. The van der Waals surface area contributed by atoms with Crippen LogP contribution in [-0.4, -0.2) is 19.0 Å². The van der Waals surface area contributed by atoms with Gasteiger partial charge in [0.15, 0.2) is 0 Å². The summed E-state index contributed by atoms with van der Waals surface area (Å²) in [4.78, 5) is 11.5. The maximum absolute atomic E-state index is 11.5. The third-order valence-electron chi connectivity index (χ3n) is 2.57. The van der Waals surface area contributed by atoms with E-state index < -0.39 is 0 Å². The molecule has 0 aliphatic rings. The average molecular weight is 378 g/mol. The zero-order valence-corrected chi connectivity index (χ0v) is 13.8. The third-order valence-corrected chi connectivity index (χ3v) is 3.75. The summed E-state index contributed by atoms with van der Waals surface area (Å²) in [6.45, 7) is 5.15. The number of carbonyl (C=O) groups is 1. The van der Waals surface area contributed by atoms with E-state index in [0.717, 1.165) is 27.5 Å². The van der Waals surface area contributed by atoms with Gasteiger partial charge in [0, 0.05) is 21.5 Å². The van der Waals surface area contributed by atoms with E-state index in [-0.39, 0.29) is 11.9 Å². The molecule has 0 saturated carbocycles. The molecule has 0 aliphatic heterocycles. The second kappa shape index (κ2) is 7.92. The van der Waals surface area contributed by atoms with Gasteiger partial charge in [0.1, 0.15) is 0 Å². The summed E-state index contributed by atoms with van der Waals surface area (Å²) < 4.78 is 2.07. The van der Waals surface area contributed by atoms with E-state index in [1.807, 2.05) is 32.0 Å². The van der Waals surface area contributed by atoms with Gasteiger partial charge in [-0.3, -0.25) is 4.79 Å². The first kappa shape index (κ1) is 15.7. The number of benzene rings is 1. The van der Waals surface area contributed by atoms with Crippen molar-refractivity contribution in [2.24, 2.45) is 0 Å². The van der Waals surface area contributed by atoms with E-state index in [2.05, 4.69) is 42.5 Å². The van der Waals surface area contributed by atoms with Crippen LogP contribution in [0.2, 0.25) is 0 Å². The summed E-state index contributed by atoms with van der Waals surface area (Å²) >= 11 is 6.95. The Bertz CT molecular complexity index is 410. The summed E-state index contributed by atoms with van der Waals surface area (Å²) in [5, 5.41) is 6.05. The van der Waals surface area contributed by atoms with Gasteiger partial charge in [-0.1, -0.05) is 44.8 Å². The van der Waals surface area contributed by atoms with Crippen LogP contribution in [0.3, 0.4) is 0 Å². The molecule has 1 amide bonds. The predicted molar refractivity (Wildman–Crippen MR) is 81.6 cm³/mol. The number of hydrogen-bond acceptors (Lipinski definition) is 2. The van der Waals surface area contributed by atoms with Gasteiger partial charge in [0.05, 0.1) is 6.54 Å². The third kappa shape index (κ3) is 5.08. The van der Waals surface area contributed by atoms with Crippen molar-refractivity contribution in [1.82, 2.24) is 10.6 Å². The number of amides is 1. The molecule has 0 aliphatic carbocycles. The van der Waals surface area contributed by atoms with Crippen LogP contribution in [0.4, 0.5) is 0 Å². The van der Waals surface area contributed by atoms with E-state index in [4.69, 9.17) is 0 Å². The fourth-order valence-corrected chi connectivity index (χ4v) is 2.93. The van der Waals surface area contributed by atoms with Crippen LogP contribution in [0.5, 0.6) is 0 Å². The van der Waals surface area contributed by atoms with E-state index in [9.17, 15) is 4.79 Å². The van der Waals surface area contributed by atoms with Crippen LogP contribution < -0.4 is 10.6 Å². The average Bonchev–Trinajstić information content (AvgIpc) is 2.33. The lowest BCUT2D eigenvalue weighted by Crippen LogP contribution is -2.35. The Morgan fingerprint density at radius 1 is 1.39 bits per heavy atom. The zero-order chi connectivity index (χ0) is 13.5. The summed E-state index contributed by atoms with van der Waals surface area (Å²) in [6.07, 6.45) is 0.958. The molecule has 0 heterocycles. The van der Waals surface area contributed by atoms with Crippen LogP contribution >= 0.6 is 31.9 Å². The quantitative estimate of drug-likeness (QED) is 0.797. The Labute approximate surface area is 125 Å². The molecule has 0 radical (unpaired) electrons. The van der Waals surface area contributed by atoms with E-state index in [1.54, 1.807) is 0 Å². The molecule has 0 aromatic heterocycles. The van der Waals surface area contributed by atoms with Gasteiger partial charge in [-0.05, 0) is 31.0 Å². The van der Waals surface area contributed by atoms with Crippen LogP contribution in [0.15, 0.2) is 27.1 Å². The minimum Gasteiger partial charge on any atom is -0.355 e. The maximum atomic E-state index is 11.5. The van der Waals surface area contributed by atoms with Crippen LogP contribution in [0.1, 0.15) is 31.9 Å². The van der Waals surface area contributed by atoms with Gasteiger partial charge in [-0.2, -0.15) is 0 Å². The first-order chi connectivity index (χ1) is 8.54. The molecule has 1 atom stereocenters. The first-order valence-electron chi connectivity index (χ1n) is 5.99. The topological polar surface area (TPSA) is 41.1 Å². The lowest BCUT2D eigenvalue weighted by molar-refractivity contribution is -0.120. The van der Waals surface area contributed by atoms with Crippen molar-refractivity contribution in [3.05, 3.63) is 32.7 Å². The molecular formula is C13H18Br2N2O. The predicted octanol–water partition coefficient (Wildman–Crippen LogP) is 3.39. The molecule has 0 bridgehead atoms.